The van der Waals surface area contributed by atoms with Gasteiger partial charge in [-0.05, 0) is 36.2 Å². The highest BCUT2D eigenvalue weighted by molar-refractivity contribution is 5.98. The second-order valence-electron chi connectivity index (χ2n) is 7.24. The fourth-order valence-electron chi connectivity index (χ4n) is 3.24. The standard InChI is InChI=1S/C21H24O10/c22-9-17-18(27)19(28)20(29)21(31-17)30-11-3-4-12(15(25)8-11)13(23)5-1-10-2-6-14(24)16(26)7-10/h2-4,6-8,17-22,24-29H,1,5,9H2/t17-,18-,19+,20-,21-/m1/s1. The number of aryl methyl sites for hydroxylation is 1. The summed E-state index contributed by atoms with van der Waals surface area (Å²) in [4.78, 5) is 12.4. The van der Waals surface area contributed by atoms with Gasteiger partial charge >= 0.3 is 0 Å². The molecule has 2 aromatic carbocycles. The molecular weight excluding hydrogens is 412 g/mol. The molecule has 168 valence electrons. The molecule has 1 heterocycles. The van der Waals surface area contributed by atoms with Gasteiger partial charge in [-0.3, -0.25) is 4.79 Å². The average molecular weight is 436 g/mol. The van der Waals surface area contributed by atoms with Crippen LogP contribution in [0, 0.1) is 0 Å². The minimum Gasteiger partial charge on any atom is -0.507 e. The zero-order chi connectivity index (χ0) is 22.7. The number of aromatic hydroxyl groups is 3. The highest BCUT2D eigenvalue weighted by Gasteiger charge is 2.44. The van der Waals surface area contributed by atoms with Crippen LogP contribution < -0.4 is 4.74 Å². The summed E-state index contributed by atoms with van der Waals surface area (Å²) in [6.07, 6.45) is -6.99. The van der Waals surface area contributed by atoms with Gasteiger partial charge in [0.25, 0.3) is 0 Å². The number of aliphatic hydroxyl groups is 4. The van der Waals surface area contributed by atoms with Crippen LogP contribution in [-0.4, -0.2) is 78.8 Å². The third kappa shape index (κ3) is 5.06. The number of Topliss-reactive ketones (excluding diaryl/α,β-unsaturated/α-hetero) is 1. The molecule has 31 heavy (non-hydrogen) atoms. The Kier molecular flexibility index (Phi) is 6.98. The molecule has 0 spiro atoms. The summed E-state index contributed by atoms with van der Waals surface area (Å²) in [6, 6.07) is 8.06. The van der Waals surface area contributed by atoms with E-state index in [1.165, 1.54) is 24.3 Å². The zero-order valence-corrected chi connectivity index (χ0v) is 16.3. The Morgan fingerprint density at radius 1 is 0.903 bits per heavy atom. The van der Waals surface area contributed by atoms with Crippen molar-refractivity contribution in [3.8, 4) is 23.0 Å². The molecule has 3 rings (SSSR count). The quantitative estimate of drug-likeness (QED) is 0.227. The van der Waals surface area contributed by atoms with Crippen molar-refractivity contribution >= 4 is 5.78 Å². The Balaban J connectivity index is 1.65. The number of ketones is 1. The van der Waals surface area contributed by atoms with Crippen LogP contribution in [0.3, 0.4) is 0 Å². The molecule has 0 amide bonds. The van der Waals surface area contributed by atoms with E-state index in [2.05, 4.69) is 0 Å². The fourth-order valence-corrected chi connectivity index (χ4v) is 3.24. The smallest absolute Gasteiger partial charge is 0.229 e. The molecule has 1 aliphatic rings. The maximum absolute atomic E-state index is 12.4. The van der Waals surface area contributed by atoms with E-state index in [1.54, 1.807) is 6.07 Å². The van der Waals surface area contributed by atoms with E-state index in [0.717, 1.165) is 6.07 Å². The van der Waals surface area contributed by atoms with Gasteiger partial charge in [-0.2, -0.15) is 0 Å². The number of aliphatic hydroxyl groups excluding tert-OH is 4. The van der Waals surface area contributed by atoms with Gasteiger partial charge in [-0.15, -0.1) is 0 Å². The van der Waals surface area contributed by atoms with E-state index in [0.29, 0.717) is 5.56 Å². The van der Waals surface area contributed by atoms with Crippen molar-refractivity contribution in [2.75, 3.05) is 6.61 Å². The first-order valence-electron chi connectivity index (χ1n) is 9.55. The average Bonchev–Trinajstić information content (AvgIpc) is 2.74. The lowest BCUT2D eigenvalue weighted by Crippen LogP contribution is -2.60. The molecule has 0 saturated carbocycles. The summed E-state index contributed by atoms with van der Waals surface area (Å²) in [5, 5.41) is 67.9. The van der Waals surface area contributed by atoms with Crippen LogP contribution in [0.4, 0.5) is 0 Å². The molecule has 7 N–H and O–H groups in total. The summed E-state index contributed by atoms with van der Waals surface area (Å²) in [6.45, 7) is -0.609. The predicted octanol–water partition coefficient (Wildman–Crippen LogP) is -0.202. The lowest BCUT2D eigenvalue weighted by Gasteiger charge is -2.39. The van der Waals surface area contributed by atoms with E-state index < -0.39 is 37.3 Å². The maximum Gasteiger partial charge on any atom is 0.229 e. The van der Waals surface area contributed by atoms with Crippen LogP contribution in [-0.2, 0) is 11.2 Å². The summed E-state index contributed by atoms with van der Waals surface area (Å²) in [7, 11) is 0. The summed E-state index contributed by atoms with van der Waals surface area (Å²) >= 11 is 0. The summed E-state index contributed by atoms with van der Waals surface area (Å²) in [5.41, 5.74) is 0.662. The van der Waals surface area contributed by atoms with Crippen LogP contribution in [0.15, 0.2) is 36.4 Å². The lowest BCUT2D eigenvalue weighted by molar-refractivity contribution is -0.277. The van der Waals surface area contributed by atoms with E-state index in [9.17, 15) is 40.5 Å². The van der Waals surface area contributed by atoms with Crippen LogP contribution in [0.2, 0.25) is 0 Å². The Morgan fingerprint density at radius 2 is 1.65 bits per heavy atom. The molecule has 10 nitrogen and oxygen atoms in total. The Hall–Kier alpha value is -2.89. The molecule has 1 saturated heterocycles. The molecule has 1 fully saturated rings. The number of ether oxygens (including phenoxy) is 2. The summed E-state index contributed by atoms with van der Waals surface area (Å²) < 4.78 is 10.6. The van der Waals surface area contributed by atoms with E-state index in [4.69, 9.17) is 9.47 Å². The second kappa shape index (κ2) is 9.50. The number of phenols is 3. The van der Waals surface area contributed by atoms with Gasteiger partial charge in [0.2, 0.25) is 6.29 Å². The molecule has 0 unspecified atom stereocenters. The van der Waals surface area contributed by atoms with Gasteiger partial charge < -0.3 is 45.2 Å². The third-order valence-corrected chi connectivity index (χ3v) is 5.05. The molecule has 0 bridgehead atoms. The predicted molar refractivity (Wildman–Crippen MR) is 105 cm³/mol. The number of phenolic OH excluding ortho intramolecular Hbond substituents is 3. The molecule has 0 aliphatic carbocycles. The number of carbonyl (C=O) groups excluding carboxylic acids is 1. The molecular formula is C21H24O10. The lowest BCUT2D eigenvalue weighted by atomic mass is 9.99. The van der Waals surface area contributed by atoms with Gasteiger partial charge in [0, 0.05) is 12.5 Å². The van der Waals surface area contributed by atoms with Gasteiger partial charge in [0.1, 0.15) is 35.9 Å². The van der Waals surface area contributed by atoms with Crippen molar-refractivity contribution in [3.63, 3.8) is 0 Å². The second-order valence-corrected chi connectivity index (χ2v) is 7.24. The molecule has 0 radical (unpaired) electrons. The van der Waals surface area contributed by atoms with E-state index in [1.807, 2.05) is 0 Å². The molecule has 1 aliphatic heterocycles. The monoisotopic (exact) mass is 436 g/mol. The Bertz CT molecular complexity index is 928. The van der Waals surface area contributed by atoms with Crippen molar-refractivity contribution in [1.82, 2.24) is 0 Å². The number of hydrogen-bond acceptors (Lipinski definition) is 10. The van der Waals surface area contributed by atoms with Gasteiger partial charge in [-0.25, -0.2) is 0 Å². The fraction of sp³-hybridized carbons (Fsp3) is 0.381. The maximum atomic E-state index is 12.4. The van der Waals surface area contributed by atoms with Gasteiger partial charge in [-0.1, -0.05) is 6.07 Å². The summed E-state index contributed by atoms with van der Waals surface area (Å²) in [5.74, 6) is -1.27. The van der Waals surface area contributed by atoms with Crippen molar-refractivity contribution in [1.29, 1.82) is 0 Å². The first kappa shape index (κ1) is 22.8. The van der Waals surface area contributed by atoms with Crippen molar-refractivity contribution in [3.05, 3.63) is 47.5 Å². The van der Waals surface area contributed by atoms with Crippen LogP contribution in [0.25, 0.3) is 0 Å². The molecule has 0 aromatic heterocycles. The molecule has 5 atom stereocenters. The minimum atomic E-state index is -1.61. The largest absolute Gasteiger partial charge is 0.507 e. The number of hydrogen-bond donors (Lipinski definition) is 7. The normalized spacial score (nSPS) is 25.9. The van der Waals surface area contributed by atoms with Crippen LogP contribution in [0.5, 0.6) is 23.0 Å². The van der Waals surface area contributed by atoms with E-state index >= 15 is 0 Å². The molecule has 2 aromatic rings. The van der Waals surface area contributed by atoms with Gasteiger partial charge in [0.15, 0.2) is 17.3 Å². The van der Waals surface area contributed by atoms with E-state index in [-0.39, 0.29) is 47.2 Å². The Labute approximate surface area is 177 Å². The van der Waals surface area contributed by atoms with Crippen molar-refractivity contribution in [2.24, 2.45) is 0 Å². The highest BCUT2D eigenvalue weighted by atomic mass is 16.7. The van der Waals surface area contributed by atoms with Crippen molar-refractivity contribution in [2.45, 2.75) is 43.5 Å². The number of benzene rings is 2. The zero-order valence-electron chi connectivity index (χ0n) is 16.3. The Morgan fingerprint density at radius 3 is 2.29 bits per heavy atom. The number of carbonyl (C=O) groups is 1. The van der Waals surface area contributed by atoms with Crippen LogP contribution in [0.1, 0.15) is 22.3 Å². The minimum absolute atomic E-state index is 0.0295. The molecule has 10 heteroatoms. The van der Waals surface area contributed by atoms with Crippen LogP contribution >= 0.6 is 0 Å². The topological polar surface area (TPSA) is 177 Å². The third-order valence-electron chi connectivity index (χ3n) is 5.05. The van der Waals surface area contributed by atoms with Gasteiger partial charge in [0.05, 0.1) is 12.2 Å². The number of rotatable bonds is 7. The van der Waals surface area contributed by atoms with Crippen molar-refractivity contribution < 1.29 is 50.0 Å². The SMILES string of the molecule is O=C(CCc1ccc(O)c(O)c1)c1ccc(O[C@@H]2O[C@H](CO)[C@@H](O)[C@H](O)[C@H]2O)cc1O. The first-order chi connectivity index (χ1) is 14.7. The highest BCUT2D eigenvalue weighted by Crippen LogP contribution is 2.30. The first-order valence-corrected chi connectivity index (χ1v) is 9.55.